The molecule has 1 atom stereocenters. The first-order chi connectivity index (χ1) is 12.2. The van der Waals surface area contributed by atoms with E-state index in [1.165, 1.54) is 4.57 Å². The summed E-state index contributed by atoms with van der Waals surface area (Å²) in [5.41, 5.74) is 1.96. The smallest absolute Gasteiger partial charge is 0.419 e. The number of carbonyl (C=O) groups excluding carboxylic acids is 2. The molecule has 5 nitrogen and oxygen atoms in total. The second-order valence-electron chi connectivity index (χ2n) is 6.12. The summed E-state index contributed by atoms with van der Waals surface area (Å²) in [5.74, 6) is -0.0703. The van der Waals surface area contributed by atoms with E-state index in [0.29, 0.717) is 11.2 Å². The maximum atomic E-state index is 12.7. The average molecular weight is 334 g/mol. The summed E-state index contributed by atoms with van der Waals surface area (Å²) in [6, 6.07) is 18.5. The first-order valence-corrected chi connectivity index (χ1v) is 8.33. The van der Waals surface area contributed by atoms with Crippen LogP contribution in [0.5, 0.6) is 0 Å². The molecule has 1 fully saturated rings. The second kappa shape index (κ2) is 6.53. The molecule has 2 heterocycles. The number of carbonyl (C=O) groups is 2. The number of ether oxygens (including phenoxy) is 1. The minimum absolute atomic E-state index is 0.0703. The normalized spacial score (nSPS) is 16.4. The molecule has 5 heteroatoms. The summed E-state index contributed by atoms with van der Waals surface area (Å²) in [6.45, 7) is 0.997. The number of nitrogens with zero attached hydrogens (tertiary/aromatic N) is 1. The molecule has 0 aliphatic carbocycles. The Bertz CT molecular complexity index is 927. The Kier molecular flexibility index (Phi) is 4.07. The largest absolute Gasteiger partial charge is 0.444 e. The van der Waals surface area contributed by atoms with Gasteiger partial charge in [0, 0.05) is 5.39 Å². The van der Waals surface area contributed by atoms with Crippen molar-refractivity contribution in [1.29, 1.82) is 0 Å². The number of aromatic nitrogens is 1. The molecule has 0 spiro atoms. The van der Waals surface area contributed by atoms with E-state index in [4.69, 9.17) is 4.74 Å². The number of nitrogens with one attached hydrogen (secondary N) is 1. The zero-order valence-corrected chi connectivity index (χ0v) is 13.6. The van der Waals surface area contributed by atoms with E-state index in [2.05, 4.69) is 5.32 Å². The van der Waals surface area contributed by atoms with Gasteiger partial charge < -0.3 is 10.1 Å². The SMILES string of the molecule is O=C(c1cc2ccccc2n1C(=O)OCc1ccccc1)C1CCN1. The Morgan fingerprint density at radius 2 is 1.80 bits per heavy atom. The summed E-state index contributed by atoms with van der Waals surface area (Å²) in [5, 5.41) is 3.95. The van der Waals surface area contributed by atoms with Crippen molar-refractivity contribution in [3.05, 3.63) is 71.9 Å². The Hall–Kier alpha value is -2.92. The quantitative estimate of drug-likeness (QED) is 0.743. The molecule has 0 amide bonds. The van der Waals surface area contributed by atoms with Crippen molar-refractivity contribution in [2.24, 2.45) is 0 Å². The molecule has 126 valence electrons. The molecular weight excluding hydrogens is 316 g/mol. The average Bonchev–Trinajstić information content (AvgIpc) is 2.99. The Morgan fingerprint density at radius 1 is 1.08 bits per heavy atom. The van der Waals surface area contributed by atoms with Crippen molar-refractivity contribution in [3.63, 3.8) is 0 Å². The van der Waals surface area contributed by atoms with Gasteiger partial charge in [0.1, 0.15) is 6.61 Å². The number of benzene rings is 2. The fourth-order valence-electron chi connectivity index (χ4n) is 3.01. The second-order valence-corrected chi connectivity index (χ2v) is 6.12. The van der Waals surface area contributed by atoms with Crippen LogP contribution in [0.3, 0.4) is 0 Å². The molecule has 2 aromatic carbocycles. The Morgan fingerprint density at radius 3 is 2.52 bits per heavy atom. The number of para-hydroxylation sites is 1. The Labute approximate surface area is 145 Å². The lowest BCUT2D eigenvalue weighted by molar-refractivity contribution is 0.0889. The van der Waals surface area contributed by atoms with Crippen LogP contribution in [0.25, 0.3) is 10.9 Å². The van der Waals surface area contributed by atoms with Gasteiger partial charge >= 0.3 is 6.09 Å². The highest BCUT2D eigenvalue weighted by atomic mass is 16.5. The van der Waals surface area contributed by atoms with E-state index >= 15 is 0 Å². The highest BCUT2D eigenvalue weighted by molar-refractivity contribution is 6.07. The third kappa shape index (κ3) is 2.94. The van der Waals surface area contributed by atoms with Crippen molar-refractivity contribution in [3.8, 4) is 0 Å². The molecule has 25 heavy (non-hydrogen) atoms. The molecule has 4 rings (SSSR count). The molecule has 3 aromatic rings. The van der Waals surface area contributed by atoms with E-state index in [9.17, 15) is 9.59 Å². The topological polar surface area (TPSA) is 60.3 Å². The summed E-state index contributed by atoms with van der Waals surface area (Å²) < 4.78 is 6.84. The van der Waals surface area contributed by atoms with Crippen molar-refractivity contribution < 1.29 is 14.3 Å². The third-order valence-electron chi connectivity index (χ3n) is 4.49. The zero-order valence-electron chi connectivity index (χ0n) is 13.6. The van der Waals surface area contributed by atoms with Crippen LogP contribution in [0.15, 0.2) is 60.7 Å². The number of ketones is 1. The van der Waals surface area contributed by atoms with Crippen LogP contribution >= 0.6 is 0 Å². The van der Waals surface area contributed by atoms with Crippen molar-refractivity contribution in [2.45, 2.75) is 19.1 Å². The molecule has 1 aliphatic rings. The van der Waals surface area contributed by atoms with Gasteiger partial charge in [-0.25, -0.2) is 9.36 Å². The Balaban J connectivity index is 1.66. The van der Waals surface area contributed by atoms with Crippen molar-refractivity contribution in [2.75, 3.05) is 6.54 Å². The van der Waals surface area contributed by atoms with Crippen LogP contribution in [0.4, 0.5) is 4.79 Å². The van der Waals surface area contributed by atoms with Crippen molar-refractivity contribution >= 4 is 22.8 Å². The standard InChI is InChI=1S/C20H18N2O3/c23-19(16-10-11-21-16)18-12-15-8-4-5-9-17(15)22(18)20(24)25-13-14-6-2-1-3-7-14/h1-9,12,16,21H,10-11,13H2. The zero-order chi connectivity index (χ0) is 17.2. The number of Topliss-reactive ketones (excluding diaryl/α,β-unsaturated/α-hetero) is 1. The first-order valence-electron chi connectivity index (χ1n) is 8.33. The molecule has 0 radical (unpaired) electrons. The van der Waals surface area contributed by atoms with Gasteiger partial charge in [-0.1, -0.05) is 48.5 Å². The van der Waals surface area contributed by atoms with E-state index in [1.54, 1.807) is 6.07 Å². The monoisotopic (exact) mass is 334 g/mol. The molecular formula is C20H18N2O3. The van der Waals surface area contributed by atoms with Gasteiger partial charge in [0.15, 0.2) is 5.78 Å². The van der Waals surface area contributed by atoms with Gasteiger partial charge in [0.05, 0.1) is 17.3 Å². The van der Waals surface area contributed by atoms with Crippen LogP contribution in [-0.4, -0.2) is 29.0 Å². The highest BCUT2D eigenvalue weighted by Gasteiger charge is 2.30. The van der Waals surface area contributed by atoms with Crippen LogP contribution < -0.4 is 5.32 Å². The van der Waals surface area contributed by atoms with Crippen LogP contribution in [-0.2, 0) is 11.3 Å². The molecule has 1 aliphatic heterocycles. The summed E-state index contributed by atoms with van der Waals surface area (Å²) in [6.07, 6.45) is 0.257. The van der Waals surface area contributed by atoms with Gasteiger partial charge in [0.25, 0.3) is 0 Å². The first kappa shape index (κ1) is 15.6. The number of fused-ring (bicyclic) bond motifs is 1. The number of hydrogen-bond donors (Lipinski definition) is 1. The van der Waals surface area contributed by atoms with Crippen molar-refractivity contribution in [1.82, 2.24) is 9.88 Å². The number of rotatable bonds is 4. The third-order valence-corrected chi connectivity index (χ3v) is 4.49. The molecule has 0 bridgehead atoms. The predicted octanol–water partition coefficient (Wildman–Crippen LogP) is 3.37. The van der Waals surface area contributed by atoms with Gasteiger partial charge in [-0.3, -0.25) is 4.79 Å². The van der Waals surface area contributed by atoms with Crippen LogP contribution in [0.1, 0.15) is 22.5 Å². The highest BCUT2D eigenvalue weighted by Crippen LogP contribution is 2.23. The summed E-state index contributed by atoms with van der Waals surface area (Å²) in [4.78, 5) is 25.4. The molecule has 1 unspecified atom stereocenters. The lowest BCUT2D eigenvalue weighted by Gasteiger charge is -2.26. The predicted molar refractivity (Wildman–Crippen MR) is 94.7 cm³/mol. The fourth-order valence-corrected chi connectivity index (χ4v) is 3.01. The maximum Gasteiger partial charge on any atom is 0.419 e. The van der Waals surface area contributed by atoms with Crippen LogP contribution in [0, 0.1) is 0 Å². The number of hydrogen-bond acceptors (Lipinski definition) is 4. The fraction of sp³-hybridized carbons (Fsp3) is 0.200. The van der Waals surface area contributed by atoms with Gasteiger partial charge in [-0.2, -0.15) is 0 Å². The summed E-state index contributed by atoms with van der Waals surface area (Å²) in [7, 11) is 0. The minimum Gasteiger partial charge on any atom is -0.444 e. The lowest BCUT2D eigenvalue weighted by atomic mass is 10.0. The van der Waals surface area contributed by atoms with E-state index in [-0.39, 0.29) is 18.4 Å². The molecule has 0 saturated carbocycles. The lowest BCUT2D eigenvalue weighted by Crippen LogP contribution is -2.49. The van der Waals surface area contributed by atoms with Gasteiger partial charge in [0.2, 0.25) is 0 Å². The van der Waals surface area contributed by atoms with E-state index in [1.807, 2.05) is 54.6 Å². The summed E-state index contributed by atoms with van der Waals surface area (Å²) >= 11 is 0. The van der Waals surface area contributed by atoms with Gasteiger partial charge in [-0.05, 0) is 30.7 Å². The van der Waals surface area contributed by atoms with Crippen LogP contribution in [0.2, 0.25) is 0 Å². The van der Waals surface area contributed by atoms with E-state index in [0.717, 1.165) is 23.9 Å². The maximum absolute atomic E-state index is 12.7. The van der Waals surface area contributed by atoms with E-state index < -0.39 is 6.09 Å². The molecule has 1 aromatic heterocycles. The van der Waals surface area contributed by atoms with Gasteiger partial charge in [-0.15, -0.1) is 0 Å². The minimum atomic E-state index is -0.535. The molecule has 1 saturated heterocycles. The molecule has 1 N–H and O–H groups in total.